The highest BCUT2D eigenvalue weighted by molar-refractivity contribution is 5.85. The third kappa shape index (κ3) is 3.16. The Kier molecular flexibility index (Phi) is 5.49. The molecular weight excluding hydrogens is 206 g/mol. The summed E-state index contributed by atoms with van der Waals surface area (Å²) in [4.78, 5) is 23.9. The van der Waals surface area contributed by atoms with Crippen molar-refractivity contribution in [2.24, 2.45) is 0 Å². The molecule has 1 unspecified atom stereocenters. The van der Waals surface area contributed by atoms with Crippen LogP contribution in [0.25, 0.3) is 0 Å². The second-order valence-corrected chi connectivity index (χ2v) is 3.09. The lowest BCUT2D eigenvalue weighted by Crippen LogP contribution is -2.57. The number of halogens is 1. The first-order chi connectivity index (χ1) is 6.15. The van der Waals surface area contributed by atoms with Gasteiger partial charge in [-0.25, -0.2) is 0 Å². The van der Waals surface area contributed by atoms with Gasteiger partial charge in [-0.15, -0.1) is 12.4 Å². The molecule has 82 valence electrons. The van der Waals surface area contributed by atoms with E-state index in [0.29, 0.717) is 19.6 Å². The SMILES string of the molecule is CNC(=O)C1CN(C(C)=O)CCN1.Cl. The Balaban J connectivity index is 0.00000169. The molecule has 5 nitrogen and oxygen atoms in total. The normalized spacial score (nSPS) is 21.0. The second kappa shape index (κ2) is 5.82. The van der Waals surface area contributed by atoms with Crippen LogP contribution in [0.1, 0.15) is 6.92 Å². The van der Waals surface area contributed by atoms with E-state index in [-0.39, 0.29) is 30.3 Å². The van der Waals surface area contributed by atoms with Crippen LogP contribution in [0.4, 0.5) is 0 Å². The number of likely N-dealkylation sites (N-methyl/N-ethyl adjacent to an activating group) is 1. The van der Waals surface area contributed by atoms with Gasteiger partial charge in [0.25, 0.3) is 0 Å². The van der Waals surface area contributed by atoms with Crippen LogP contribution < -0.4 is 10.6 Å². The van der Waals surface area contributed by atoms with Gasteiger partial charge >= 0.3 is 0 Å². The van der Waals surface area contributed by atoms with E-state index in [1.165, 1.54) is 6.92 Å². The number of amides is 2. The van der Waals surface area contributed by atoms with Crippen LogP contribution in [0.5, 0.6) is 0 Å². The smallest absolute Gasteiger partial charge is 0.238 e. The van der Waals surface area contributed by atoms with Crippen LogP contribution in [0, 0.1) is 0 Å². The van der Waals surface area contributed by atoms with Crippen molar-refractivity contribution in [3.63, 3.8) is 0 Å². The molecule has 0 aromatic carbocycles. The average molecular weight is 222 g/mol. The summed E-state index contributed by atoms with van der Waals surface area (Å²) >= 11 is 0. The Hall–Kier alpha value is -0.810. The van der Waals surface area contributed by atoms with Gasteiger partial charge in [-0.2, -0.15) is 0 Å². The van der Waals surface area contributed by atoms with Gasteiger partial charge in [-0.1, -0.05) is 0 Å². The zero-order chi connectivity index (χ0) is 9.84. The van der Waals surface area contributed by atoms with Gasteiger partial charge < -0.3 is 15.5 Å². The number of hydrogen-bond acceptors (Lipinski definition) is 3. The summed E-state index contributed by atoms with van der Waals surface area (Å²) in [6.07, 6.45) is 0. The van der Waals surface area contributed by atoms with Crippen molar-refractivity contribution in [1.29, 1.82) is 0 Å². The average Bonchev–Trinajstić information content (AvgIpc) is 2.17. The van der Waals surface area contributed by atoms with E-state index in [9.17, 15) is 9.59 Å². The van der Waals surface area contributed by atoms with Crippen molar-refractivity contribution in [2.75, 3.05) is 26.7 Å². The molecule has 1 heterocycles. The van der Waals surface area contributed by atoms with Crippen LogP contribution in [0.2, 0.25) is 0 Å². The summed E-state index contributed by atoms with van der Waals surface area (Å²) in [5.41, 5.74) is 0. The number of nitrogens with zero attached hydrogens (tertiary/aromatic N) is 1. The van der Waals surface area contributed by atoms with Gasteiger partial charge in [0, 0.05) is 33.6 Å². The molecule has 14 heavy (non-hydrogen) atoms. The topological polar surface area (TPSA) is 61.4 Å². The molecule has 1 aliphatic heterocycles. The maximum Gasteiger partial charge on any atom is 0.238 e. The van der Waals surface area contributed by atoms with E-state index >= 15 is 0 Å². The molecule has 0 spiro atoms. The first-order valence-electron chi connectivity index (χ1n) is 4.35. The molecule has 2 amide bonds. The van der Waals surface area contributed by atoms with Crippen molar-refractivity contribution >= 4 is 24.2 Å². The fourth-order valence-corrected chi connectivity index (χ4v) is 1.39. The van der Waals surface area contributed by atoms with Crippen molar-refractivity contribution < 1.29 is 9.59 Å². The first-order valence-corrected chi connectivity index (χ1v) is 4.35. The molecule has 0 saturated carbocycles. The lowest BCUT2D eigenvalue weighted by molar-refractivity contribution is -0.132. The standard InChI is InChI=1S/C8H15N3O2.ClH/c1-6(12)11-4-3-10-7(5-11)8(13)9-2;/h7,10H,3-5H2,1-2H3,(H,9,13);1H. The lowest BCUT2D eigenvalue weighted by atomic mass is 10.2. The van der Waals surface area contributed by atoms with Crippen LogP contribution in [-0.4, -0.2) is 49.4 Å². The quantitative estimate of drug-likeness (QED) is 0.596. The van der Waals surface area contributed by atoms with E-state index in [1.54, 1.807) is 11.9 Å². The number of nitrogens with one attached hydrogen (secondary N) is 2. The third-order valence-corrected chi connectivity index (χ3v) is 2.18. The molecule has 1 rings (SSSR count). The van der Waals surface area contributed by atoms with Gasteiger partial charge in [-0.05, 0) is 0 Å². The van der Waals surface area contributed by atoms with Gasteiger partial charge in [0.1, 0.15) is 6.04 Å². The summed E-state index contributed by atoms with van der Waals surface area (Å²) < 4.78 is 0. The number of carbonyl (C=O) groups is 2. The monoisotopic (exact) mass is 221 g/mol. The number of piperazine rings is 1. The van der Waals surface area contributed by atoms with Gasteiger partial charge in [0.2, 0.25) is 11.8 Å². The summed E-state index contributed by atoms with van der Waals surface area (Å²) in [5, 5.41) is 5.60. The summed E-state index contributed by atoms with van der Waals surface area (Å²) in [6.45, 7) is 3.35. The van der Waals surface area contributed by atoms with Crippen LogP contribution in [-0.2, 0) is 9.59 Å². The van der Waals surface area contributed by atoms with E-state index in [2.05, 4.69) is 10.6 Å². The molecule has 6 heteroatoms. The van der Waals surface area contributed by atoms with Crippen molar-refractivity contribution in [1.82, 2.24) is 15.5 Å². The first kappa shape index (κ1) is 13.2. The lowest BCUT2D eigenvalue weighted by Gasteiger charge is -2.31. The molecule has 0 bridgehead atoms. The van der Waals surface area contributed by atoms with Crippen molar-refractivity contribution in [3.8, 4) is 0 Å². The zero-order valence-electron chi connectivity index (χ0n) is 8.37. The maximum absolute atomic E-state index is 11.2. The highest BCUT2D eigenvalue weighted by atomic mass is 35.5. The Morgan fingerprint density at radius 2 is 2.14 bits per heavy atom. The fraction of sp³-hybridized carbons (Fsp3) is 0.750. The predicted octanol–water partition coefficient (Wildman–Crippen LogP) is -1.03. The number of rotatable bonds is 1. The minimum Gasteiger partial charge on any atom is -0.358 e. The predicted molar refractivity (Wildman–Crippen MR) is 55.4 cm³/mol. The summed E-state index contributed by atoms with van der Waals surface area (Å²) in [5.74, 6) is -0.0404. The minimum atomic E-state index is -0.261. The molecule has 0 aromatic heterocycles. The Morgan fingerprint density at radius 3 is 2.64 bits per heavy atom. The fourth-order valence-electron chi connectivity index (χ4n) is 1.39. The molecule has 2 N–H and O–H groups in total. The van der Waals surface area contributed by atoms with Crippen LogP contribution in [0.15, 0.2) is 0 Å². The molecule has 1 aliphatic rings. The summed E-state index contributed by atoms with van der Waals surface area (Å²) in [7, 11) is 1.59. The Morgan fingerprint density at radius 1 is 1.50 bits per heavy atom. The van der Waals surface area contributed by atoms with Gasteiger partial charge in [-0.3, -0.25) is 9.59 Å². The van der Waals surface area contributed by atoms with Gasteiger partial charge in [0.05, 0.1) is 0 Å². The van der Waals surface area contributed by atoms with Crippen molar-refractivity contribution in [3.05, 3.63) is 0 Å². The second-order valence-electron chi connectivity index (χ2n) is 3.09. The number of carbonyl (C=O) groups excluding carboxylic acids is 2. The highest BCUT2D eigenvalue weighted by Crippen LogP contribution is 1.99. The van der Waals surface area contributed by atoms with Crippen molar-refractivity contribution in [2.45, 2.75) is 13.0 Å². The molecule has 1 fully saturated rings. The van der Waals surface area contributed by atoms with E-state index in [4.69, 9.17) is 0 Å². The molecule has 1 atom stereocenters. The van der Waals surface area contributed by atoms with Crippen LogP contribution in [0.3, 0.4) is 0 Å². The van der Waals surface area contributed by atoms with Gasteiger partial charge in [0.15, 0.2) is 0 Å². The molecule has 1 saturated heterocycles. The summed E-state index contributed by atoms with van der Waals surface area (Å²) in [6, 6.07) is -0.261. The zero-order valence-corrected chi connectivity index (χ0v) is 9.19. The molecule has 0 radical (unpaired) electrons. The number of hydrogen-bond donors (Lipinski definition) is 2. The van der Waals surface area contributed by atoms with E-state index in [0.717, 1.165) is 0 Å². The highest BCUT2D eigenvalue weighted by Gasteiger charge is 2.25. The van der Waals surface area contributed by atoms with E-state index < -0.39 is 0 Å². The molecule has 0 aromatic rings. The maximum atomic E-state index is 11.2. The van der Waals surface area contributed by atoms with Crippen LogP contribution >= 0.6 is 12.4 Å². The Labute approximate surface area is 89.6 Å². The third-order valence-electron chi connectivity index (χ3n) is 2.18. The Bertz CT molecular complexity index is 223. The molecule has 0 aliphatic carbocycles. The largest absolute Gasteiger partial charge is 0.358 e. The molecular formula is C8H16ClN3O2. The van der Waals surface area contributed by atoms with E-state index in [1.807, 2.05) is 0 Å². The minimum absolute atomic E-state index is 0.